The molecule has 0 bridgehead atoms. The SMILES string of the molecule is CN(CC1(O)CCCN(c2ccnc3cccnc23)C1)C(=O)COCC(=O)O. The Kier molecular flexibility index (Phi) is 6.05. The highest BCUT2D eigenvalue weighted by Crippen LogP contribution is 2.30. The van der Waals surface area contributed by atoms with Crippen molar-refractivity contribution in [1.29, 1.82) is 0 Å². The Morgan fingerprint density at radius 3 is 2.89 bits per heavy atom. The van der Waals surface area contributed by atoms with Gasteiger partial charge >= 0.3 is 5.97 Å². The minimum Gasteiger partial charge on any atom is -0.480 e. The number of likely N-dealkylation sites (N-methyl/N-ethyl adjacent to an activating group) is 1. The van der Waals surface area contributed by atoms with Gasteiger partial charge in [-0.1, -0.05) is 0 Å². The fraction of sp³-hybridized carbons (Fsp3) is 0.474. The molecular formula is C19H24N4O5. The second kappa shape index (κ2) is 8.49. The number of aliphatic carboxylic acids is 1. The number of piperidine rings is 1. The van der Waals surface area contributed by atoms with Crippen molar-refractivity contribution in [3.63, 3.8) is 0 Å². The standard InChI is InChI=1S/C19H24N4O5/c1-22(16(24)10-28-11-17(25)26)12-19(27)6-3-9-23(13-19)15-5-8-20-14-4-2-7-21-18(14)15/h2,4-5,7-8,27H,3,6,9-13H2,1H3,(H,25,26). The fourth-order valence-electron chi connectivity index (χ4n) is 3.53. The molecular weight excluding hydrogens is 364 g/mol. The lowest BCUT2D eigenvalue weighted by molar-refractivity contribution is -0.146. The number of anilines is 1. The fourth-order valence-corrected chi connectivity index (χ4v) is 3.53. The van der Waals surface area contributed by atoms with Crippen molar-refractivity contribution in [2.45, 2.75) is 18.4 Å². The van der Waals surface area contributed by atoms with Crippen molar-refractivity contribution in [3.05, 3.63) is 30.6 Å². The number of pyridine rings is 2. The van der Waals surface area contributed by atoms with Crippen LogP contribution in [0.3, 0.4) is 0 Å². The molecule has 1 fully saturated rings. The number of hydrogen-bond donors (Lipinski definition) is 2. The third-order valence-electron chi connectivity index (χ3n) is 4.78. The lowest BCUT2D eigenvalue weighted by atomic mass is 9.91. The number of fused-ring (bicyclic) bond motifs is 1. The third kappa shape index (κ3) is 4.73. The normalized spacial score (nSPS) is 19.6. The summed E-state index contributed by atoms with van der Waals surface area (Å²) in [5.41, 5.74) is 1.39. The van der Waals surface area contributed by atoms with Crippen molar-refractivity contribution in [2.75, 3.05) is 44.8 Å². The van der Waals surface area contributed by atoms with Crippen LogP contribution < -0.4 is 4.90 Å². The Morgan fingerprint density at radius 1 is 1.29 bits per heavy atom. The molecule has 2 aromatic heterocycles. The van der Waals surface area contributed by atoms with E-state index in [0.717, 1.165) is 29.7 Å². The van der Waals surface area contributed by atoms with Crippen LogP contribution in [0.2, 0.25) is 0 Å². The van der Waals surface area contributed by atoms with Gasteiger partial charge in [0, 0.05) is 32.5 Å². The van der Waals surface area contributed by atoms with Gasteiger partial charge in [0.15, 0.2) is 0 Å². The maximum atomic E-state index is 12.1. The number of hydrogen-bond acceptors (Lipinski definition) is 7. The molecule has 3 rings (SSSR count). The summed E-state index contributed by atoms with van der Waals surface area (Å²) in [5, 5.41) is 19.7. The van der Waals surface area contributed by atoms with Gasteiger partial charge in [0.2, 0.25) is 5.91 Å². The first-order valence-electron chi connectivity index (χ1n) is 9.08. The summed E-state index contributed by atoms with van der Waals surface area (Å²) in [4.78, 5) is 34.8. The highest BCUT2D eigenvalue weighted by molar-refractivity contribution is 5.87. The molecule has 2 aromatic rings. The first kappa shape index (κ1) is 20.0. The van der Waals surface area contributed by atoms with E-state index in [9.17, 15) is 14.7 Å². The molecule has 1 aliphatic rings. The number of nitrogens with zero attached hydrogens (tertiary/aromatic N) is 4. The Hall–Kier alpha value is -2.78. The van der Waals surface area contributed by atoms with Gasteiger partial charge < -0.3 is 24.7 Å². The molecule has 1 saturated heterocycles. The topological polar surface area (TPSA) is 116 Å². The van der Waals surface area contributed by atoms with Crippen LogP contribution in [0.25, 0.3) is 11.0 Å². The molecule has 9 heteroatoms. The zero-order chi connectivity index (χ0) is 20.1. The lowest BCUT2D eigenvalue weighted by Crippen LogP contribution is -2.55. The molecule has 1 amide bonds. The van der Waals surface area contributed by atoms with Crippen LogP contribution in [0.1, 0.15) is 12.8 Å². The minimum atomic E-state index is -1.13. The number of rotatable bonds is 7. The predicted molar refractivity (Wildman–Crippen MR) is 102 cm³/mol. The van der Waals surface area contributed by atoms with E-state index in [0.29, 0.717) is 13.0 Å². The maximum absolute atomic E-state index is 12.1. The number of carboxylic acids is 1. The van der Waals surface area contributed by atoms with Crippen molar-refractivity contribution in [2.24, 2.45) is 0 Å². The van der Waals surface area contributed by atoms with Crippen LogP contribution in [0.15, 0.2) is 30.6 Å². The van der Waals surface area contributed by atoms with Gasteiger partial charge in [-0.15, -0.1) is 0 Å². The van der Waals surface area contributed by atoms with Gasteiger partial charge in [0.05, 0.1) is 23.3 Å². The van der Waals surface area contributed by atoms with Crippen LogP contribution in [-0.4, -0.2) is 82.5 Å². The maximum Gasteiger partial charge on any atom is 0.329 e. The molecule has 0 aromatic carbocycles. The molecule has 0 aliphatic carbocycles. The number of carboxylic acid groups (broad SMARTS) is 1. The van der Waals surface area contributed by atoms with Crippen molar-refractivity contribution >= 4 is 28.6 Å². The molecule has 28 heavy (non-hydrogen) atoms. The Labute approximate surface area is 162 Å². The van der Waals surface area contributed by atoms with Gasteiger partial charge in [0.1, 0.15) is 18.7 Å². The van der Waals surface area contributed by atoms with Crippen LogP contribution in [-0.2, 0) is 14.3 Å². The zero-order valence-corrected chi connectivity index (χ0v) is 15.7. The molecule has 0 saturated carbocycles. The average Bonchev–Trinajstić information content (AvgIpc) is 2.66. The van der Waals surface area contributed by atoms with E-state index in [4.69, 9.17) is 9.84 Å². The van der Waals surface area contributed by atoms with E-state index in [1.807, 2.05) is 18.2 Å². The summed E-state index contributed by atoms with van der Waals surface area (Å²) in [7, 11) is 1.58. The van der Waals surface area contributed by atoms with Gasteiger partial charge in [-0.3, -0.25) is 14.8 Å². The van der Waals surface area contributed by atoms with Crippen LogP contribution in [0, 0.1) is 0 Å². The highest BCUT2D eigenvalue weighted by Gasteiger charge is 2.36. The molecule has 1 unspecified atom stereocenters. The van der Waals surface area contributed by atoms with E-state index in [1.54, 1.807) is 19.4 Å². The Morgan fingerprint density at radius 2 is 2.11 bits per heavy atom. The minimum absolute atomic E-state index is 0.134. The van der Waals surface area contributed by atoms with Crippen molar-refractivity contribution < 1.29 is 24.5 Å². The molecule has 9 nitrogen and oxygen atoms in total. The smallest absolute Gasteiger partial charge is 0.329 e. The average molecular weight is 388 g/mol. The summed E-state index contributed by atoms with van der Waals surface area (Å²) in [5.74, 6) is -1.50. The molecule has 1 aliphatic heterocycles. The number of amides is 1. The van der Waals surface area contributed by atoms with Crippen LogP contribution in [0.5, 0.6) is 0 Å². The molecule has 150 valence electrons. The van der Waals surface area contributed by atoms with Gasteiger partial charge in [-0.2, -0.15) is 0 Å². The van der Waals surface area contributed by atoms with Crippen molar-refractivity contribution in [1.82, 2.24) is 14.9 Å². The van der Waals surface area contributed by atoms with E-state index in [1.165, 1.54) is 4.90 Å². The summed E-state index contributed by atoms with van der Waals surface area (Å²) in [6.45, 7) is 0.407. The second-order valence-corrected chi connectivity index (χ2v) is 7.09. The van der Waals surface area contributed by atoms with Gasteiger partial charge in [0.25, 0.3) is 0 Å². The largest absolute Gasteiger partial charge is 0.480 e. The second-order valence-electron chi connectivity index (χ2n) is 7.09. The molecule has 2 N–H and O–H groups in total. The first-order valence-corrected chi connectivity index (χ1v) is 9.08. The number of ether oxygens (including phenoxy) is 1. The van der Waals surface area contributed by atoms with Gasteiger partial charge in [-0.05, 0) is 31.0 Å². The van der Waals surface area contributed by atoms with Crippen molar-refractivity contribution in [3.8, 4) is 0 Å². The summed E-state index contributed by atoms with van der Waals surface area (Å²) >= 11 is 0. The number of β-amino-alcohol motifs (C(OH)–C–C–N with tert-alkyl or cyclic N) is 1. The summed E-state index contributed by atoms with van der Waals surface area (Å²) in [6.07, 6.45) is 4.77. The number of carbonyl (C=O) groups is 2. The van der Waals surface area contributed by atoms with Crippen LogP contribution >= 0.6 is 0 Å². The molecule has 0 spiro atoms. The number of aromatic nitrogens is 2. The first-order chi connectivity index (χ1) is 13.4. The van der Waals surface area contributed by atoms with E-state index >= 15 is 0 Å². The zero-order valence-electron chi connectivity index (χ0n) is 15.7. The molecule has 1 atom stereocenters. The monoisotopic (exact) mass is 388 g/mol. The Balaban J connectivity index is 1.67. The quantitative estimate of drug-likeness (QED) is 0.705. The predicted octanol–water partition coefficient (Wildman–Crippen LogP) is 0.521. The molecule has 0 radical (unpaired) electrons. The summed E-state index contributed by atoms with van der Waals surface area (Å²) < 4.78 is 4.84. The highest BCUT2D eigenvalue weighted by atomic mass is 16.5. The molecule has 3 heterocycles. The van der Waals surface area contributed by atoms with E-state index in [-0.39, 0.29) is 19.1 Å². The van der Waals surface area contributed by atoms with E-state index in [2.05, 4.69) is 14.9 Å². The lowest BCUT2D eigenvalue weighted by Gasteiger charge is -2.42. The van der Waals surface area contributed by atoms with Gasteiger partial charge in [-0.25, -0.2) is 4.79 Å². The Bertz CT molecular complexity index is 856. The number of carbonyl (C=O) groups excluding carboxylic acids is 1. The third-order valence-corrected chi connectivity index (χ3v) is 4.78. The summed E-state index contributed by atoms with van der Waals surface area (Å²) in [6, 6.07) is 5.61. The van der Waals surface area contributed by atoms with Crippen LogP contribution in [0.4, 0.5) is 5.69 Å². The van der Waals surface area contributed by atoms with E-state index < -0.39 is 18.2 Å². The number of aliphatic hydroxyl groups is 1.